The first-order chi connectivity index (χ1) is 22.4. The van der Waals surface area contributed by atoms with E-state index < -0.39 is 18.1 Å². The van der Waals surface area contributed by atoms with E-state index in [9.17, 15) is 14.7 Å². The van der Waals surface area contributed by atoms with Gasteiger partial charge in [0.1, 0.15) is 11.3 Å². The van der Waals surface area contributed by atoms with Gasteiger partial charge in [-0.3, -0.25) is 9.59 Å². The number of rotatable bonds is 12. The molecule has 2 aliphatic heterocycles. The number of oxazole rings is 1. The minimum atomic E-state index is -0.898. The second-order valence-corrected chi connectivity index (χ2v) is 12.8. The van der Waals surface area contributed by atoms with Crippen molar-refractivity contribution in [3.8, 4) is 11.5 Å². The summed E-state index contributed by atoms with van der Waals surface area (Å²) in [7, 11) is 0. The van der Waals surface area contributed by atoms with Gasteiger partial charge < -0.3 is 29.8 Å². The molecular formula is C35H39N5O5S. The number of aromatic nitrogens is 2. The van der Waals surface area contributed by atoms with E-state index in [1.807, 2.05) is 47.5 Å². The number of nitrogens with zero attached hydrogens (tertiary/aromatic N) is 3. The van der Waals surface area contributed by atoms with Crippen molar-refractivity contribution in [3.63, 3.8) is 0 Å². The zero-order valence-electron chi connectivity index (χ0n) is 25.8. The molecule has 2 amide bonds. The highest BCUT2D eigenvalue weighted by Gasteiger charge is 2.36. The number of likely N-dealkylation sites (tertiary alicyclic amines) is 1. The number of hydrogen-bond acceptors (Lipinski definition) is 9. The number of amides is 2. The molecule has 0 saturated carbocycles. The Balaban J connectivity index is 1.27. The monoisotopic (exact) mass is 641 g/mol. The normalized spacial score (nSPS) is 20.8. The lowest BCUT2D eigenvalue weighted by molar-refractivity contribution is 0.0617. The Morgan fingerprint density at radius 2 is 2.09 bits per heavy atom. The van der Waals surface area contributed by atoms with Gasteiger partial charge in [-0.2, -0.15) is 0 Å². The van der Waals surface area contributed by atoms with Crippen LogP contribution in [0, 0.1) is 6.92 Å². The van der Waals surface area contributed by atoms with Crippen molar-refractivity contribution in [2.75, 3.05) is 19.7 Å². The lowest BCUT2D eigenvalue weighted by Crippen LogP contribution is -2.52. The van der Waals surface area contributed by atoms with Crippen LogP contribution < -0.4 is 10.6 Å². The van der Waals surface area contributed by atoms with E-state index >= 15 is 0 Å². The first-order valence-electron chi connectivity index (χ1n) is 15.7. The standard InChI is InChI=1S/C35H39N5O5S/c1-3-13-44-27-19-28(37-20-27)31(41)29(15-23-8-5-4-6-9-23)39-32(42)24-16-25(33-36-11-14-45-33)18-26(17-24)35(43)40-12-7-10-30(40)34-38-22(2)21-46-34/h3-6,8-9,11,14,16-18,21,27-31,37,41H,1,7,10,12-13,15,19-20H2,2H3,(H,39,42)/t27-,28-,29+,30-,31-/m1/s1. The number of carbonyl (C=O) groups is 2. The Morgan fingerprint density at radius 1 is 1.26 bits per heavy atom. The predicted octanol–water partition coefficient (Wildman–Crippen LogP) is 4.72. The average Bonchev–Trinajstić information content (AvgIpc) is 3.91. The molecule has 2 aromatic heterocycles. The molecule has 0 radical (unpaired) electrons. The number of carbonyl (C=O) groups excluding carboxylic acids is 2. The van der Waals surface area contributed by atoms with Gasteiger partial charge in [0.2, 0.25) is 5.89 Å². The minimum absolute atomic E-state index is 0.0560. The van der Waals surface area contributed by atoms with Crippen LogP contribution in [0.5, 0.6) is 0 Å². The van der Waals surface area contributed by atoms with Gasteiger partial charge in [-0.1, -0.05) is 36.4 Å². The van der Waals surface area contributed by atoms with E-state index in [2.05, 4.69) is 27.2 Å². The van der Waals surface area contributed by atoms with E-state index in [1.165, 1.54) is 12.5 Å². The van der Waals surface area contributed by atoms with Gasteiger partial charge in [0.05, 0.1) is 37.1 Å². The number of ether oxygens (including phenoxy) is 1. The number of aliphatic hydroxyl groups is 1. The fourth-order valence-corrected chi connectivity index (χ4v) is 7.25. The molecule has 4 heterocycles. The van der Waals surface area contributed by atoms with E-state index in [0.29, 0.717) is 49.6 Å². The molecule has 2 aliphatic rings. The van der Waals surface area contributed by atoms with E-state index in [1.54, 1.807) is 35.6 Å². The Morgan fingerprint density at radius 3 is 2.83 bits per heavy atom. The van der Waals surface area contributed by atoms with Crippen LogP contribution in [0.1, 0.15) is 62.3 Å². The predicted molar refractivity (Wildman–Crippen MR) is 176 cm³/mol. The Kier molecular flexibility index (Phi) is 10.0. The van der Waals surface area contributed by atoms with Gasteiger partial charge in [-0.25, -0.2) is 9.97 Å². The highest BCUT2D eigenvalue weighted by Crippen LogP contribution is 2.35. The molecule has 10 nitrogen and oxygen atoms in total. The second-order valence-electron chi connectivity index (χ2n) is 11.9. The molecule has 240 valence electrons. The third kappa shape index (κ3) is 7.28. The molecule has 0 spiro atoms. The van der Waals surface area contributed by atoms with Crippen LogP contribution in [-0.2, 0) is 11.2 Å². The summed E-state index contributed by atoms with van der Waals surface area (Å²) in [6.07, 6.45) is 6.45. The molecule has 3 N–H and O–H groups in total. The molecule has 0 unspecified atom stereocenters. The minimum Gasteiger partial charge on any atom is -0.445 e. The zero-order valence-corrected chi connectivity index (χ0v) is 26.6. The van der Waals surface area contributed by atoms with Gasteiger partial charge in [0.15, 0.2) is 0 Å². The van der Waals surface area contributed by atoms with Crippen molar-refractivity contribution in [2.45, 2.75) is 62.9 Å². The lowest BCUT2D eigenvalue weighted by Gasteiger charge is -2.29. The molecule has 11 heteroatoms. The Hall–Kier alpha value is -4.16. The Bertz CT molecular complexity index is 1640. The maximum Gasteiger partial charge on any atom is 0.254 e. The lowest BCUT2D eigenvalue weighted by atomic mass is 9.94. The topological polar surface area (TPSA) is 130 Å². The first kappa shape index (κ1) is 31.8. The molecular weight excluding hydrogens is 602 g/mol. The van der Waals surface area contributed by atoms with Crippen LogP contribution in [0.25, 0.3) is 11.5 Å². The maximum atomic E-state index is 14.0. The number of aryl methyl sites for hydroxylation is 1. The van der Waals surface area contributed by atoms with Gasteiger partial charge >= 0.3 is 0 Å². The summed E-state index contributed by atoms with van der Waals surface area (Å²) in [5.41, 5.74) is 3.06. The molecule has 0 bridgehead atoms. The molecule has 2 saturated heterocycles. The zero-order chi connectivity index (χ0) is 32.0. The summed E-state index contributed by atoms with van der Waals surface area (Å²) in [5, 5.41) is 21.0. The molecule has 2 aromatic carbocycles. The van der Waals surface area contributed by atoms with Crippen molar-refractivity contribution >= 4 is 23.2 Å². The van der Waals surface area contributed by atoms with Gasteiger partial charge in [0, 0.05) is 46.9 Å². The van der Waals surface area contributed by atoms with Crippen LogP contribution in [-0.4, -0.2) is 75.8 Å². The fraction of sp³-hybridized carbons (Fsp3) is 0.371. The van der Waals surface area contributed by atoms with E-state index in [0.717, 1.165) is 29.1 Å². The molecule has 6 rings (SSSR count). The third-order valence-electron chi connectivity index (χ3n) is 8.57. The van der Waals surface area contributed by atoms with E-state index in [-0.39, 0.29) is 29.7 Å². The van der Waals surface area contributed by atoms with E-state index in [4.69, 9.17) is 9.15 Å². The highest BCUT2D eigenvalue weighted by atomic mass is 32.1. The van der Waals surface area contributed by atoms with Crippen molar-refractivity contribution in [1.82, 2.24) is 25.5 Å². The third-order valence-corrected chi connectivity index (χ3v) is 9.63. The van der Waals surface area contributed by atoms with Gasteiger partial charge in [0.25, 0.3) is 11.8 Å². The summed E-state index contributed by atoms with van der Waals surface area (Å²) in [6.45, 7) is 7.30. The summed E-state index contributed by atoms with van der Waals surface area (Å²) in [5.74, 6) is -0.286. The number of benzene rings is 2. The largest absolute Gasteiger partial charge is 0.445 e. The molecule has 0 aliphatic carbocycles. The van der Waals surface area contributed by atoms with Crippen LogP contribution in [0.3, 0.4) is 0 Å². The summed E-state index contributed by atoms with van der Waals surface area (Å²) in [6, 6.07) is 13.7. The summed E-state index contributed by atoms with van der Waals surface area (Å²) in [4.78, 5) is 38.8. The molecule has 2 fully saturated rings. The average molecular weight is 642 g/mol. The van der Waals surface area contributed by atoms with Crippen molar-refractivity contribution in [1.29, 1.82) is 0 Å². The highest BCUT2D eigenvalue weighted by molar-refractivity contribution is 7.09. The van der Waals surface area contributed by atoms with Gasteiger partial charge in [-0.15, -0.1) is 17.9 Å². The quantitative estimate of drug-likeness (QED) is 0.190. The van der Waals surface area contributed by atoms with Crippen LogP contribution in [0.4, 0.5) is 0 Å². The number of aliphatic hydroxyl groups excluding tert-OH is 1. The number of hydrogen-bond donors (Lipinski definition) is 3. The fourth-order valence-electron chi connectivity index (χ4n) is 6.31. The number of nitrogens with one attached hydrogen (secondary N) is 2. The second kappa shape index (κ2) is 14.5. The molecule has 5 atom stereocenters. The maximum absolute atomic E-state index is 14.0. The number of thiazole rings is 1. The SMILES string of the molecule is C=CCO[C@H]1CN[C@@H]([C@@H](O)[C@H](Cc2ccccc2)NC(=O)c2cc(C(=O)N3CCC[C@@H]3c3nc(C)cs3)cc(-c3ncco3)c2)C1. The summed E-state index contributed by atoms with van der Waals surface area (Å²) < 4.78 is 11.4. The van der Waals surface area contributed by atoms with Crippen molar-refractivity contribution < 1.29 is 23.8 Å². The van der Waals surface area contributed by atoms with Crippen molar-refractivity contribution in [3.05, 3.63) is 106 Å². The van der Waals surface area contributed by atoms with Crippen molar-refractivity contribution in [2.24, 2.45) is 0 Å². The molecule has 46 heavy (non-hydrogen) atoms. The van der Waals surface area contributed by atoms with Crippen LogP contribution >= 0.6 is 11.3 Å². The van der Waals surface area contributed by atoms with Crippen LogP contribution in [0.2, 0.25) is 0 Å². The van der Waals surface area contributed by atoms with Gasteiger partial charge in [-0.05, 0) is 56.4 Å². The van der Waals surface area contributed by atoms with Crippen LogP contribution in [0.15, 0.2) is 83.4 Å². The first-order valence-corrected chi connectivity index (χ1v) is 16.5. The Labute approximate surface area is 272 Å². The summed E-state index contributed by atoms with van der Waals surface area (Å²) >= 11 is 1.56. The molecule has 4 aromatic rings. The smallest absolute Gasteiger partial charge is 0.254 e.